The number of carbonyl (C=O) groups is 1. The number of carboxylic acids is 1. The number of aliphatic carboxylic acids is 1. The molecule has 0 bridgehead atoms. The van der Waals surface area contributed by atoms with E-state index < -0.39 is 11.5 Å². The first-order valence-corrected chi connectivity index (χ1v) is 6.88. The Balaban J connectivity index is 2.45. The molecule has 0 unspecified atom stereocenters. The van der Waals surface area contributed by atoms with Crippen molar-refractivity contribution in [3.63, 3.8) is 0 Å². The van der Waals surface area contributed by atoms with Crippen LogP contribution in [0.3, 0.4) is 0 Å². The molecule has 0 saturated carbocycles. The van der Waals surface area contributed by atoms with Gasteiger partial charge in [-0.1, -0.05) is 13.0 Å². The fourth-order valence-corrected chi connectivity index (χ4v) is 2.39. The molecule has 1 aromatic heterocycles. The molecule has 4 nitrogen and oxygen atoms in total. The van der Waals surface area contributed by atoms with Crippen LogP contribution in [0.5, 0.6) is 0 Å². The van der Waals surface area contributed by atoms with E-state index in [4.69, 9.17) is 0 Å². The van der Waals surface area contributed by atoms with E-state index in [0.29, 0.717) is 24.2 Å². The highest BCUT2D eigenvalue weighted by Crippen LogP contribution is 2.23. The van der Waals surface area contributed by atoms with Crippen molar-refractivity contribution in [3.05, 3.63) is 41.8 Å². The van der Waals surface area contributed by atoms with E-state index >= 15 is 0 Å². The van der Waals surface area contributed by atoms with Crippen molar-refractivity contribution in [1.29, 1.82) is 0 Å². The Hall–Kier alpha value is -2.01. The molecule has 0 saturated heterocycles. The van der Waals surface area contributed by atoms with Crippen LogP contribution in [0, 0.1) is 5.82 Å². The number of carboxylic acid groups (broad SMARTS) is 1. The Bertz CT molecular complexity index is 670. The van der Waals surface area contributed by atoms with Crippen LogP contribution in [0.25, 0.3) is 10.9 Å². The molecule has 0 fully saturated rings. The molecule has 2 aromatic rings. The third-order valence-electron chi connectivity index (χ3n) is 3.81. The summed E-state index contributed by atoms with van der Waals surface area (Å²) >= 11 is 0. The van der Waals surface area contributed by atoms with Crippen molar-refractivity contribution >= 4 is 16.9 Å². The largest absolute Gasteiger partial charge is 0.480 e. The SMILES string of the molecule is CCN(Cc1cc(F)cc2cccnc12)C(C)(C)C(=O)O. The number of fused-ring (bicyclic) bond motifs is 1. The number of benzene rings is 1. The van der Waals surface area contributed by atoms with E-state index in [1.54, 1.807) is 37.1 Å². The Morgan fingerprint density at radius 1 is 1.43 bits per heavy atom. The summed E-state index contributed by atoms with van der Waals surface area (Å²) in [5.41, 5.74) is 0.377. The molecular formula is C16H19FN2O2. The number of rotatable bonds is 5. The van der Waals surface area contributed by atoms with Gasteiger partial charge in [-0.2, -0.15) is 0 Å². The van der Waals surface area contributed by atoms with E-state index in [1.165, 1.54) is 12.1 Å². The van der Waals surface area contributed by atoms with Gasteiger partial charge in [-0.3, -0.25) is 14.7 Å². The highest BCUT2D eigenvalue weighted by molar-refractivity contribution is 5.82. The van der Waals surface area contributed by atoms with Crippen LogP contribution in [-0.2, 0) is 11.3 Å². The van der Waals surface area contributed by atoms with Gasteiger partial charge >= 0.3 is 5.97 Å². The van der Waals surface area contributed by atoms with Gasteiger partial charge in [0.15, 0.2) is 0 Å². The number of hydrogen-bond donors (Lipinski definition) is 1. The van der Waals surface area contributed by atoms with E-state index in [2.05, 4.69) is 4.98 Å². The van der Waals surface area contributed by atoms with Crippen LogP contribution >= 0.6 is 0 Å². The van der Waals surface area contributed by atoms with Gasteiger partial charge < -0.3 is 5.11 Å². The van der Waals surface area contributed by atoms with Crippen LogP contribution in [0.2, 0.25) is 0 Å². The molecule has 1 heterocycles. The van der Waals surface area contributed by atoms with Gasteiger partial charge in [0.1, 0.15) is 11.4 Å². The maximum Gasteiger partial charge on any atom is 0.323 e. The standard InChI is InChI=1S/C16H19FN2O2/c1-4-19(16(2,3)15(20)21)10-12-9-13(17)8-11-6-5-7-18-14(11)12/h5-9H,4,10H2,1-3H3,(H,20,21). The maximum atomic E-state index is 13.7. The lowest BCUT2D eigenvalue weighted by Gasteiger charge is -2.34. The predicted octanol–water partition coefficient (Wildman–Crippen LogP) is 3.06. The van der Waals surface area contributed by atoms with E-state index in [0.717, 1.165) is 5.39 Å². The first-order chi connectivity index (χ1) is 9.86. The first-order valence-electron chi connectivity index (χ1n) is 6.88. The van der Waals surface area contributed by atoms with Gasteiger partial charge in [-0.25, -0.2) is 4.39 Å². The third kappa shape index (κ3) is 3.03. The van der Waals surface area contributed by atoms with Crippen LogP contribution in [0.15, 0.2) is 30.5 Å². The minimum absolute atomic E-state index is 0.334. The average Bonchev–Trinajstić information content (AvgIpc) is 2.43. The number of aromatic nitrogens is 1. The van der Waals surface area contributed by atoms with Crippen molar-refractivity contribution in [2.24, 2.45) is 0 Å². The van der Waals surface area contributed by atoms with Gasteiger partial charge in [0.2, 0.25) is 0 Å². The zero-order valence-electron chi connectivity index (χ0n) is 12.4. The van der Waals surface area contributed by atoms with Crippen molar-refractivity contribution in [2.45, 2.75) is 32.9 Å². The quantitative estimate of drug-likeness (QED) is 0.919. The Morgan fingerprint density at radius 2 is 2.14 bits per heavy atom. The van der Waals surface area contributed by atoms with Gasteiger partial charge in [0, 0.05) is 18.1 Å². The fourth-order valence-electron chi connectivity index (χ4n) is 2.39. The monoisotopic (exact) mass is 290 g/mol. The second-order valence-electron chi connectivity index (χ2n) is 5.52. The van der Waals surface area contributed by atoms with Crippen LogP contribution < -0.4 is 0 Å². The fraction of sp³-hybridized carbons (Fsp3) is 0.375. The number of nitrogens with zero attached hydrogens (tertiary/aromatic N) is 2. The molecule has 0 amide bonds. The molecule has 1 N–H and O–H groups in total. The maximum absolute atomic E-state index is 13.7. The summed E-state index contributed by atoms with van der Waals surface area (Å²) in [6, 6.07) is 6.41. The highest BCUT2D eigenvalue weighted by atomic mass is 19.1. The van der Waals surface area contributed by atoms with Gasteiger partial charge in [0.25, 0.3) is 0 Å². The van der Waals surface area contributed by atoms with E-state index in [1.807, 2.05) is 6.92 Å². The molecule has 112 valence electrons. The molecule has 0 aliphatic carbocycles. The Labute approximate surface area is 123 Å². The molecule has 0 aliphatic rings. The van der Waals surface area contributed by atoms with Crippen molar-refractivity contribution in [1.82, 2.24) is 9.88 Å². The van der Waals surface area contributed by atoms with Crippen LogP contribution in [0.4, 0.5) is 4.39 Å². The minimum Gasteiger partial charge on any atom is -0.480 e. The van der Waals surface area contributed by atoms with Crippen LogP contribution in [-0.4, -0.2) is 33.0 Å². The molecule has 0 radical (unpaired) electrons. The van der Waals surface area contributed by atoms with Crippen molar-refractivity contribution in [2.75, 3.05) is 6.54 Å². The molecule has 1 aromatic carbocycles. The minimum atomic E-state index is -1.03. The topological polar surface area (TPSA) is 53.4 Å². The molecule has 0 aliphatic heterocycles. The molecule has 21 heavy (non-hydrogen) atoms. The second kappa shape index (κ2) is 5.77. The first kappa shape index (κ1) is 15.4. The lowest BCUT2D eigenvalue weighted by atomic mass is 10.0. The molecule has 0 atom stereocenters. The summed E-state index contributed by atoms with van der Waals surface area (Å²) in [6.07, 6.45) is 1.66. The van der Waals surface area contributed by atoms with Crippen molar-refractivity contribution in [3.8, 4) is 0 Å². The lowest BCUT2D eigenvalue weighted by molar-refractivity contribution is -0.149. The summed E-state index contributed by atoms with van der Waals surface area (Å²) in [5.74, 6) is -1.24. The van der Waals surface area contributed by atoms with Gasteiger partial charge in [0.05, 0.1) is 5.52 Å². The van der Waals surface area contributed by atoms with E-state index in [-0.39, 0.29) is 5.82 Å². The summed E-state index contributed by atoms with van der Waals surface area (Å²) in [6.45, 7) is 6.06. The number of halogens is 1. The summed E-state index contributed by atoms with van der Waals surface area (Å²) in [4.78, 5) is 17.5. The smallest absolute Gasteiger partial charge is 0.323 e. The summed E-state index contributed by atoms with van der Waals surface area (Å²) < 4.78 is 13.7. The summed E-state index contributed by atoms with van der Waals surface area (Å²) in [5, 5.41) is 10.1. The van der Waals surface area contributed by atoms with E-state index in [9.17, 15) is 14.3 Å². The molecule has 2 rings (SSSR count). The Morgan fingerprint density at radius 3 is 2.76 bits per heavy atom. The zero-order chi connectivity index (χ0) is 15.6. The van der Waals surface area contributed by atoms with Gasteiger partial charge in [-0.05, 0) is 44.2 Å². The number of pyridine rings is 1. The normalized spacial score (nSPS) is 12.0. The highest BCUT2D eigenvalue weighted by Gasteiger charge is 2.33. The lowest BCUT2D eigenvalue weighted by Crippen LogP contribution is -2.49. The number of hydrogen-bond acceptors (Lipinski definition) is 3. The second-order valence-corrected chi connectivity index (χ2v) is 5.52. The van der Waals surface area contributed by atoms with Crippen LogP contribution in [0.1, 0.15) is 26.3 Å². The predicted molar refractivity (Wildman–Crippen MR) is 79.5 cm³/mol. The molecular weight excluding hydrogens is 271 g/mol. The van der Waals surface area contributed by atoms with Crippen molar-refractivity contribution < 1.29 is 14.3 Å². The summed E-state index contributed by atoms with van der Waals surface area (Å²) in [7, 11) is 0. The third-order valence-corrected chi connectivity index (χ3v) is 3.81. The molecule has 0 spiro atoms. The number of likely N-dealkylation sites (N-methyl/N-ethyl adjacent to an activating group) is 1. The zero-order valence-corrected chi connectivity index (χ0v) is 12.4. The average molecular weight is 290 g/mol. The van der Waals surface area contributed by atoms with Gasteiger partial charge in [-0.15, -0.1) is 0 Å². The Kier molecular flexibility index (Phi) is 4.23. The molecule has 5 heteroatoms.